The monoisotopic (exact) mass is 233 g/mol. The molecule has 2 aromatic rings. The number of fused-ring (bicyclic) bond motifs is 1. The van der Waals surface area contributed by atoms with Gasteiger partial charge in [0.25, 0.3) is 0 Å². The van der Waals surface area contributed by atoms with Crippen LogP contribution in [0.2, 0.25) is 0 Å². The lowest BCUT2D eigenvalue weighted by molar-refractivity contribution is 0.888. The van der Waals surface area contributed by atoms with Gasteiger partial charge in [-0.2, -0.15) is 9.97 Å². The molecule has 0 aliphatic rings. The van der Waals surface area contributed by atoms with Gasteiger partial charge in [0, 0.05) is 18.8 Å². The Balaban J connectivity index is 2.36. The van der Waals surface area contributed by atoms with Crippen molar-refractivity contribution in [2.45, 2.75) is 33.2 Å². The van der Waals surface area contributed by atoms with E-state index in [4.69, 9.17) is 0 Å². The zero-order chi connectivity index (χ0) is 12.3. The van der Waals surface area contributed by atoms with Crippen LogP contribution < -0.4 is 10.6 Å². The van der Waals surface area contributed by atoms with Gasteiger partial charge in [-0.05, 0) is 26.3 Å². The molecule has 0 amide bonds. The van der Waals surface area contributed by atoms with Gasteiger partial charge in [0.15, 0.2) is 0 Å². The third-order valence-corrected chi connectivity index (χ3v) is 2.37. The highest BCUT2D eigenvalue weighted by atomic mass is 15.2. The van der Waals surface area contributed by atoms with Crippen LogP contribution in [0.5, 0.6) is 0 Å². The molecule has 0 spiro atoms. The maximum atomic E-state index is 4.50. The average Bonchev–Trinajstić information content (AvgIpc) is 2.73. The molecule has 0 bridgehead atoms. The number of aromatic amines is 1. The van der Waals surface area contributed by atoms with Crippen molar-refractivity contribution in [3.8, 4) is 0 Å². The van der Waals surface area contributed by atoms with E-state index >= 15 is 0 Å². The Morgan fingerprint density at radius 1 is 1.35 bits per heavy atom. The van der Waals surface area contributed by atoms with Crippen LogP contribution in [-0.4, -0.2) is 27.5 Å². The molecule has 0 aliphatic heterocycles. The Bertz CT molecular complexity index is 489. The van der Waals surface area contributed by atoms with Crippen molar-refractivity contribution in [3.63, 3.8) is 0 Å². The van der Waals surface area contributed by atoms with Gasteiger partial charge in [-0.15, -0.1) is 0 Å². The topological polar surface area (TPSA) is 65.6 Å². The molecule has 2 heterocycles. The van der Waals surface area contributed by atoms with E-state index in [0.29, 0.717) is 12.0 Å². The lowest BCUT2D eigenvalue weighted by atomic mass is 10.3. The summed E-state index contributed by atoms with van der Waals surface area (Å²) in [4.78, 5) is 12.0. The Labute approximate surface area is 101 Å². The second kappa shape index (κ2) is 5.03. The van der Waals surface area contributed by atoms with E-state index in [1.807, 2.05) is 12.3 Å². The van der Waals surface area contributed by atoms with Crippen molar-refractivity contribution in [3.05, 3.63) is 12.3 Å². The third-order valence-electron chi connectivity index (χ3n) is 2.37. The normalized spacial score (nSPS) is 11.1. The van der Waals surface area contributed by atoms with E-state index in [2.05, 4.69) is 46.4 Å². The number of rotatable bonds is 5. The van der Waals surface area contributed by atoms with Crippen molar-refractivity contribution in [1.82, 2.24) is 15.0 Å². The molecule has 2 aromatic heterocycles. The van der Waals surface area contributed by atoms with Gasteiger partial charge in [0.05, 0.1) is 5.39 Å². The number of nitrogens with zero attached hydrogens (tertiary/aromatic N) is 2. The lowest BCUT2D eigenvalue weighted by Gasteiger charge is -2.11. The van der Waals surface area contributed by atoms with Gasteiger partial charge in [-0.25, -0.2) is 0 Å². The van der Waals surface area contributed by atoms with E-state index < -0.39 is 0 Å². The highest BCUT2D eigenvalue weighted by Gasteiger charge is 2.08. The first-order valence-electron chi connectivity index (χ1n) is 6.06. The van der Waals surface area contributed by atoms with Crippen LogP contribution in [0.3, 0.4) is 0 Å². The summed E-state index contributed by atoms with van der Waals surface area (Å²) >= 11 is 0. The first-order chi connectivity index (χ1) is 8.20. The predicted molar refractivity (Wildman–Crippen MR) is 71.4 cm³/mol. The number of aromatic nitrogens is 3. The van der Waals surface area contributed by atoms with Crippen LogP contribution >= 0.6 is 0 Å². The van der Waals surface area contributed by atoms with Gasteiger partial charge in [-0.3, -0.25) is 0 Å². The van der Waals surface area contributed by atoms with Crippen molar-refractivity contribution in [2.24, 2.45) is 0 Å². The standard InChI is InChI=1S/C12H19N5/c1-4-6-14-12-16-10-9(5-7-13-10)11(17-12)15-8(2)3/h5,7-8H,4,6H2,1-3H3,(H3,13,14,15,16,17). The molecule has 5 nitrogen and oxygen atoms in total. The average molecular weight is 233 g/mol. The summed E-state index contributed by atoms with van der Waals surface area (Å²) in [5.74, 6) is 1.55. The fourth-order valence-electron chi connectivity index (χ4n) is 1.64. The summed E-state index contributed by atoms with van der Waals surface area (Å²) in [5, 5.41) is 7.58. The van der Waals surface area contributed by atoms with Crippen molar-refractivity contribution in [1.29, 1.82) is 0 Å². The van der Waals surface area contributed by atoms with Crippen LogP contribution in [0.25, 0.3) is 11.0 Å². The smallest absolute Gasteiger partial charge is 0.226 e. The molecular weight excluding hydrogens is 214 g/mol. The van der Waals surface area contributed by atoms with E-state index in [-0.39, 0.29) is 0 Å². The molecule has 0 radical (unpaired) electrons. The van der Waals surface area contributed by atoms with E-state index in [0.717, 1.165) is 29.8 Å². The molecule has 3 N–H and O–H groups in total. The first-order valence-corrected chi connectivity index (χ1v) is 6.06. The number of nitrogens with one attached hydrogen (secondary N) is 3. The predicted octanol–water partition coefficient (Wildman–Crippen LogP) is 2.60. The summed E-state index contributed by atoms with van der Waals surface area (Å²) in [6.07, 6.45) is 2.94. The highest BCUT2D eigenvalue weighted by Crippen LogP contribution is 2.21. The van der Waals surface area contributed by atoms with Gasteiger partial charge < -0.3 is 15.6 Å². The largest absolute Gasteiger partial charge is 0.367 e. The van der Waals surface area contributed by atoms with Crippen LogP contribution in [0, 0.1) is 0 Å². The second-order valence-electron chi connectivity index (χ2n) is 4.36. The Hall–Kier alpha value is -1.78. The van der Waals surface area contributed by atoms with E-state index in [9.17, 15) is 0 Å². The summed E-state index contributed by atoms with van der Waals surface area (Å²) in [7, 11) is 0. The fraction of sp³-hybridized carbons (Fsp3) is 0.500. The Morgan fingerprint density at radius 3 is 2.88 bits per heavy atom. The Morgan fingerprint density at radius 2 is 2.18 bits per heavy atom. The summed E-state index contributed by atoms with van der Waals surface area (Å²) in [6.45, 7) is 7.19. The van der Waals surface area contributed by atoms with Crippen molar-refractivity contribution in [2.75, 3.05) is 17.2 Å². The van der Waals surface area contributed by atoms with Gasteiger partial charge in [0.2, 0.25) is 5.95 Å². The molecule has 0 fully saturated rings. The Kier molecular flexibility index (Phi) is 3.46. The molecule has 0 atom stereocenters. The zero-order valence-corrected chi connectivity index (χ0v) is 10.5. The van der Waals surface area contributed by atoms with Gasteiger partial charge >= 0.3 is 0 Å². The fourth-order valence-corrected chi connectivity index (χ4v) is 1.64. The zero-order valence-electron chi connectivity index (χ0n) is 10.5. The molecule has 5 heteroatoms. The van der Waals surface area contributed by atoms with Gasteiger partial charge in [-0.1, -0.05) is 6.92 Å². The number of hydrogen-bond acceptors (Lipinski definition) is 4. The second-order valence-corrected chi connectivity index (χ2v) is 4.36. The van der Waals surface area contributed by atoms with Crippen molar-refractivity contribution < 1.29 is 0 Å². The molecule has 0 aromatic carbocycles. The summed E-state index contributed by atoms with van der Waals surface area (Å²) in [6, 6.07) is 2.34. The molecule has 0 saturated carbocycles. The molecule has 0 unspecified atom stereocenters. The molecule has 0 aliphatic carbocycles. The first kappa shape index (κ1) is 11.7. The number of hydrogen-bond donors (Lipinski definition) is 3. The summed E-state index contributed by atoms with van der Waals surface area (Å²) in [5.41, 5.74) is 0.863. The number of H-pyrrole nitrogens is 1. The van der Waals surface area contributed by atoms with Crippen LogP contribution in [0.15, 0.2) is 12.3 Å². The summed E-state index contributed by atoms with van der Waals surface area (Å²) < 4.78 is 0. The van der Waals surface area contributed by atoms with Crippen molar-refractivity contribution >= 4 is 22.8 Å². The minimum Gasteiger partial charge on any atom is -0.367 e. The molecule has 2 rings (SSSR count). The van der Waals surface area contributed by atoms with Crippen LogP contribution in [-0.2, 0) is 0 Å². The third kappa shape index (κ3) is 2.67. The van der Waals surface area contributed by atoms with Crippen LogP contribution in [0.4, 0.5) is 11.8 Å². The highest BCUT2D eigenvalue weighted by molar-refractivity contribution is 5.88. The maximum Gasteiger partial charge on any atom is 0.226 e. The van der Waals surface area contributed by atoms with Gasteiger partial charge in [0.1, 0.15) is 11.5 Å². The molecule has 0 saturated heterocycles. The minimum atomic E-state index is 0.349. The lowest BCUT2D eigenvalue weighted by Crippen LogP contribution is -2.13. The number of anilines is 2. The SMILES string of the molecule is CCCNc1nc(NC(C)C)c2cc[nH]c2n1. The van der Waals surface area contributed by atoms with E-state index in [1.165, 1.54) is 0 Å². The minimum absolute atomic E-state index is 0.349. The molecular formula is C12H19N5. The maximum absolute atomic E-state index is 4.50. The quantitative estimate of drug-likeness (QED) is 0.742. The molecule has 92 valence electrons. The van der Waals surface area contributed by atoms with E-state index in [1.54, 1.807) is 0 Å². The van der Waals surface area contributed by atoms with Crippen LogP contribution in [0.1, 0.15) is 27.2 Å². The molecule has 17 heavy (non-hydrogen) atoms.